The smallest absolute Gasteiger partial charge is 0.219 e. The second-order valence-electron chi connectivity index (χ2n) is 7.80. The third-order valence-corrected chi connectivity index (χ3v) is 5.96. The van der Waals surface area contributed by atoms with Crippen LogP contribution in [0.3, 0.4) is 0 Å². The second-order valence-corrected chi connectivity index (χ2v) is 7.80. The van der Waals surface area contributed by atoms with Crippen molar-refractivity contribution in [2.75, 3.05) is 46.3 Å². The van der Waals surface area contributed by atoms with E-state index in [-0.39, 0.29) is 5.91 Å². The third kappa shape index (κ3) is 3.48. The summed E-state index contributed by atoms with van der Waals surface area (Å²) in [5.74, 6) is 0.564. The molecule has 2 fully saturated rings. The number of piperidine rings is 1. The summed E-state index contributed by atoms with van der Waals surface area (Å²) in [5.41, 5.74) is 3.66. The molecule has 140 valence electrons. The summed E-state index contributed by atoms with van der Waals surface area (Å²) in [7, 11) is 2.19. The molecule has 0 saturated carbocycles. The van der Waals surface area contributed by atoms with Gasteiger partial charge >= 0.3 is 0 Å². The van der Waals surface area contributed by atoms with Crippen molar-refractivity contribution in [2.24, 2.45) is 0 Å². The monoisotopic (exact) mass is 355 g/mol. The minimum absolute atomic E-state index is 0.185. The van der Waals surface area contributed by atoms with E-state index < -0.39 is 0 Å². The number of amides is 1. The predicted octanol–water partition coefficient (Wildman–Crippen LogP) is 2.04. The maximum absolute atomic E-state index is 11.9. The lowest BCUT2D eigenvalue weighted by atomic mass is 9.91. The molecule has 2 aromatic rings. The number of fused-ring (bicyclic) bond motifs is 1. The van der Waals surface area contributed by atoms with E-state index in [2.05, 4.69) is 32.9 Å². The summed E-state index contributed by atoms with van der Waals surface area (Å²) >= 11 is 0. The van der Waals surface area contributed by atoms with Crippen LogP contribution in [-0.2, 0) is 11.3 Å². The SMILES string of the molecule is CC(=O)N1CCCC(c2[nH]c3ncccc3c2CN2CCN(C)CC2)C1. The molecule has 1 amide bonds. The van der Waals surface area contributed by atoms with Gasteiger partial charge in [0.15, 0.2) is 0 Å². The number of aromatic nitrogens is 2. The van der Waals surface area contributed by atoms with Crippen molar-refractivity contribution in [1.82, 2.24) is 24.7 Å². The number of H-pyrrole nitrogens is 1. The molecular formula is C20H29N5O. The van der Waals surface area contributed by atoms with E-state index in [0.717, 1.165) is 64.3 Å². The van der Waals surface area contributed by atoms with Crippen LogP contribution in [0.1, 0.15) is 36.9 Å². The first-order chi connectivity index (χ1) is 12.6. The molecule has 4 rings (SSSR count). The highest BCUT2D eigenvalue weighted by atomic mass is 16.2. The average molecular weight is 355 g/mol. The van der Waals surface area contributed by atoms with Crippen LogP contribution in [0, 0.1) is 0 Å². The number of carbonyl (C=O) groups excluding carboxylic acids is 1. The number of piperazine rings is 1. The summed E-state index contributed by atoms with van der Waals surface area (Å²) in [6.07, 6.45) is 4.05. The number of pyridine rings is 1. The van der Waals surface area contributed by atoms with Crippen LogP contribution < -0.4 is 0 Å². The summed E-state index contributed by atoms with van der Waals surface area (Å²) in [5, 5.41) is 1.24. The van der Waals surface area contributed by atoms with Gasteiger partial charge in [-0.05, 0) is 37.6 Å². The highest BCUT2D eigenvalue weighted by Crippen LogP contribution is 2.33. The Bertz CT molecular complexity index is 778. The molecule has 4 heterocycles. The minimum Gasteiger partial charge on any atom is -0.343 e. The summed E-state index contributed by atoms with van der Waals surface area (Å²) < 4.78 is 0. The van der Waals surface area contributed by atoms with Gasteiger partial charge in [0, 0.05) is 75.9 Å². The normalized spacial score (nSPS) is 22.8. The van der Waals surface area contributed by atoms with E-state index in [1.54, 1.807) is 6.92 Å². The van der Waals surface area contributed by atoms with E-state index in [1.807, 2.05) is 17.2 Å². The van der Waals surface area contributed by atoms with Crippen molar-refractivity contribution in [2.45, 2.75) is 32.2 Å². The number of aromatic amines is 1. The van der Waals surface area contributed by atoms with E-state index >= 15 is 0 Å². The Morgan fingerprint density at radius 1 is 1.27 bits per heavy atom. The molecule has 0 radical (unpaired) electrons. The van der Waals surface area contributed by atoms with Crippen molar-refractivity contribution in [3.8, 4) is 0 Å². The van der Waals surface area contributed by atoms with E-state index in [0.29, 0.717) is 5.92 Å². The van der Waals surface area contributed by atoms with Crippen molar-refractivity contribution >= 4 is 16.9 Å². The van der Waals surface area contributed by atoms with Crippen LogP contribution in [0.4, 0.5) is 0 Å². The number of hydrogen-bond acceptors (Lipinski definition) is 4. The second kappa shape index (κ2) is 7.37. The standard InChI is InChI=1S/C20H29N5O/c1-15(26)25-8-4-5-16(13-25)19-18(14-24-11-9-23(2)10-12-24)17-6-3-7-21-20(17)22-19/h3,6-7,16H,4-5,8-14H2,1-2H3,(H,21,22). The van der Waals surface area contributed by atoms with Crippen LogP contribution in [0.15, 0.2) is 18.3 Å². The molecule has 1 N–H and O–H groups in total. The molecule has 2 aliphatic heterocycles. The molecule has 6 nitrogen and oxygen atoms in total. The fourth-order valence-electron chi connectivity index (χ4n) is 4.34. The number of rotatable bonds is 3. The van der Waals surface area contributed by atoms with Gasteiger partial charge in [-0.25, -0.2) is 4.98 Å². The summed E-state index contributed by atoms with van der Waals surface area (Å²) in [6.45, 7) is 8.80. The fraction of sp³-hybridized carbons (Fsp3) is 0.600. The third-order valence-electron chi connectivity index (χ3n) is 5.96. The Balaban J connectivity index is 1.64. The lowest BCUT2D eigenvalue weighted by Crippen LogP contribution is -2.44. The van der Waals surface area contributed by atoms with Gasteiger partial charge in [-0.1, -0.05) is 0 Å². The lowest BCUT2D eigenvalue weighted by molar-refractivity contribution is -0.130. The number of likely N-dealkylation sites (N-methyl/N-ethyl adjacent to an activating group) is 1. The zero-order valence-electron chi connectivity index (χ0n) is 15.9. The lowest BCUT2D eigenvalue weighted by Gasteiger charge is -2.34. The fourth-order valence-corrected chi connectivity index (χ4v) is 4.34. The highest BCUT2D eigenvalue weighted by Gasteiger charge is 2.28. The number of nitrogens with one attached hydrogen (secondary N) is 1. The van der Waals surface area contributed by atoms with Crippen molar-refractivity contribution < 1.29 is 4.79 Å². The van der Waals surface area contributed by atoms with Crippen molar-refractivity contribution in [3.05, 3.63) is 29.6 Å². The first-order valence-corrected chi connectivity index (χ1v) is 9.73. The largest absolute Gasteiger partial charge is 0.343 e. The van der Waals surface area contributed by atoms with Gasteiger partial charge in [0.1, 0.15) is 5.65 Å². The molecule has 6 heteroatoms. The molecule has 2 saturated heterocycles. The molecular weight excluding hydrogens is 326 g/mol. The van der Waals surface area contributed by atoms with Crippen molar-refractivity contribution in [3.63, 3.8) is 0 Å². The molecule has 0 spiro atoms. The molecule has 0 aliphatic carbocycles. The quantitative estimate of drug-likeness (QED) is 0.915. The van der Waals surface area contributed by atoms with Gasteiger partial charge in [-0.15, -0.1) is 0 Å². The van der Waals surface area contributed by atoms with Crippen LogP contribution in [-0.4, -0.2) is 76.9 Å². The van der Waals surface area contributed by atoms with Gasteiger partial charge in [0.25, 0.3) is 0 Å². The Hall–Kier alpha value is -1.92. The predicted molar refractivity (Wildman–Crippen MR) is 103 cm³/mol. The average Bonchev–Trinajstić information content (AvgIpc) is 3.02. The molecule has 0 bridgehead atoms. The maximum Gasteiger partial charge on any atom is 0.219 e. The maximum atomic E-state index is 11.9. The zero-order chi connectivity index (χ0) is 18.1. The topological polar surface area (TPSA) is 55.5 Å². The first-order valence-electron chi connectivity index (χ1n) is 9.73. The number of carbonyl (C=O) groups is 1. The Labute approximate surface area is 155 Å². The first kappa shape index (κ1) is 17.5. The van der Waals surface area contributed by atoms with Gasteiger partial charge in [0.05, 0.1) is 0 Å². The summed E-state index contributed by atoms with van der Waals surface area (Å²) in [4.78, 5) is 27.0. The summed E-state index contributed by atoms with van der Waals surface area (Å²) in [6, 6.07) is 4.20. The Morgan fingerprint density at radius 2 is 2.08 bits per heavy atom. The number of likely N-dealkylation sites (tertiary alicyclic amines) is 1. The van der Waals surface area contributed by atoms with E-state index in [1.165, 1.54) is 16.6 Å². The minimum atomic E-state index is 0.185. The van der Waals surface area contributed by atoms with Crippen LogP contribution in [0.25, 0.3) is 11.0 Å². The molecule has 1 unspecified atom stereocenters. The van der Waals surface area contributed by atoms with E-state index in [4.69, 9.17) is 0 Å². The number of hydrogen-bond donors (Lipinski definition) is 1. The number of nitrogens with zero attached hydrogens (tertiary/aromatic N) is 4. The Kier molecular flexibility index (Phi) is 4.96. The Morgan fingerprint density at radius 3 is 2.85 bits per heavy atom. The molecule has 2 aromatic heterocycles. The van der Waals surface area contributed by atoms with Crippen molar-refractivity contribution in [1.29, 1.82) is 0 Å². The zero-order valence-corrected chi connectivity index (χ0v) is 15.9. The van der Waals surface area contributed by atoms with Gasteiger partial charge in [0.2, 0.25) is 5.91 Å². The molecule has 2 aliphatic rings. The van der Waals surface area contributed by atoms with Crippen LogP contribution in [0.2, 0.25) is 0 Å². The molecule has 0 aromatic carbocycles. The van der Waals surface area contributed by atoms with Gasteiger partial charge in [-0.3, -0.25) is 9.69 Å². The molecule has 1 atom stereocenters. The van der Waals surface area contributed by atoms with Gasteiger partial charge < -0.3 is 14.8 Å². The van der Waals surface area contributed by atoms with E-state index in [9.17, 15) is 4.79 Å². The van der Waals surface area contributed by atoms with Gasteiger partial charge in [-0.2, -0.15) is 0 Å². The van der Waals surface area contributed by atoms with Crippen LogP contribution in [0.5, 0.6) is 0 Å². The molecule has 26 heavy (non-hydrogen) atoms. The van der Waals surface area contributed by atoms with Crippen LogP contribution >= 0.6 is 0 Å². The highest BCUT2D eigenvalue weighted by molar-refractivity contribution is 5.81.